The molecule has 0 aliphatic heterocycles. The van der Waals surface area contributed by atoms with E-state index in [-0.39, 0.29) is 11.8 Å². The quantitative estimate of drug-likeness (QED) is 0.836. The Bertz CT molecular complexity index is 299. The highest BCUT2D eigenvalue weighted by atomic mass is 79.9. The van der Waals surface area contributed by atoms with Crippen molar-refractivity contribution in [1.82, 2.24) is 0 Å². The van der Waals surface area contributed by atoms with Gasteiger partial charge < -0.3 is 10.8 Å². The molecule has 0 bridgehead atoms. The number of hydrogen-bond donors (Lipinski definition) is 2. The molecule has 1 aromatic carbocycles. The van der Waals surface area contributed by atoms with E-state index >= 15 is 0 Å². The molecule has 0 heterocycles. The van der Waals surface area contributed by atoms with E-state index in [1.807, 2.05) is 13.0 Å². The van der Waals surface area contributed by atoms with Crippen LogP contribution in [0.1, 0.15) is 18.5 Å². The smallest absolute Gasteiger partial charge is 0.135 e. The zero-order valence-corrected chi connectivity index (χ0v) is 9.68. The first-order valence-corrected chi connectivity index (χ1v) is 5.05. The zero-order chi connectivity index (χ0) is 9.30. The summed E-state index contributed by atoms with van der Waals surface area (Å²) < 4.78 is 1.50. The molecule has 4 heteroatoms. The number of aromatic hydroxyl groups is 1. The summed E-state index contributed by atoms with van der Waals surface area (Å²) in [6.45, 7) is 1.83. The summed E-state index contributed by atoms with van der Waals surface area (Å²) in [5.41, 5.74) is 6.40. The lowest BCUT2D eigenvalue weighted by Gasteiger charge is -2.11. The van der Waals surface area contributed by atoms with Gasteiger partial charge in [0.15, 0.2) is 0 Å². The molecule has 0 amide bonds. The van der Waals surface area contributed by atoms with Crippen LogP contribution in [0.5, 0.6) is 5.75 Å². The minimum atomic E-state index is -0.183. The molecule has 1 atom stereocenters. The summed E-state index contributed by atoms with van der Waals surface area (Å²) in [4.78, 5) is 0. The van der Waals surface area contributed by atoms with E-state index in [1.54, 1.807) is 6.07 Å². The summed E-state index contributed by atoms with van der Waals surface area (Å²) in [5.74, 6) is 0.208. The summed E-state index contributed by atoms with van der Waals surface area (Å²) in [7, 11) is 0. The molecule has 0 saturated carbocycles. The van der Waals surface area contributed by atoms with Gasteiger partial charge in [-0.2, -0.15) is 0 Å². The van der Waals surface area contributed by atoms with Gasteiger partial charge in [0.05, 0.1) is 4.47 Å². The van der Waals surface area contributed by atoms with Crippen molar-refractivity contribution >= 4 is 31.9 Å². The predicted molar refractivity (Wildman–Crippen MR) is 56.1 cm³/mol. The number of halogens is 2. The lowest BCUT2D eigenvalue weighted by Crippen LogP contribution is -2.06. The van der Waals surface area contributed by atoms with Gasteiger partial charge in [0.25, 0.3) is 0 Å². The van der Waals surface area contributed by atoms with Gasteiger partial charge in [-0.25, -0.2) is 0 Å². The van der Waals surface area contributed by atoms with Gasteiger partial charge in [-0.05, 0) is 35.0 Å². The maximum atomic E-state index is 9.59. The monoisotopic (exact) mass is 293 g/mol. The molecule has 1 aromatic rings. The maximum Gasteiger partial charge on any atom is 0.135 e. The van der Waals surface area contributed by atoms with Crippen molar-refractivity contribution in [2.24, 2.45) is 5.73 Å². The standard InChI is InChI=1S/C8H9Br2NO/c1-4(11)7-5(9)2-3-6(10)8(7)12/h2-4,12H,11H2,1H3. The summed E-state index contributed by atoms with van der Waals surface area (Å²) in [6.07, 6.45) is 0. The van der Waals surface area contributed by atoms with Crippen molar-refractivity contribution in [3.8, 4) is 5.75 Å². The Kier molecular flexibility index (Phi) is 3.15. The summed E-state index contributed by atoms with van der Waals surface area (Å²) in [5, 5.41) is 9.59. The van der Waals surface area contributed by atoms with Gasteiger partial charge in [-0.1, -0.05) is 15.9 Å². The molecule has 12 heavy (non-hydrogen) atoms. The minimum absolute atomic E-state index is 0.183. The van der Waals surface area contributed by atoms with Crippen LogP contribution in [0.15, 0.2) is 21.1 Å². The van der Waals surface area contributed by atoms with Crippen molar-refractivity contribution in [2.45, 2.75) is 13.0 Å². The first-order chi connectivity index (χ1) is 5.54. The molecule has 66 valence electrons. The Morgan fingerprint density at radius 2 is 1.83 bits per heavy atom. The molecule has 1 unspecified atom stereocenters. The van der Waals surface area contributed by atoms with Gasteiger partial charge in [-0.15, -0.1) is 0 Å². The van der Waals surface area contributed by atoms with Gasteiger partial charge in [0.1, 0.15) is 5.75 Å². The third kappa shape index (κ3) is 1.81. The van der Waals surface area contributed by atoms with Crippen molar-refractivity contribution in [3.63, 3.8) is 0 Å². The molecular weight excluding hydrogens is 286 g/mol. The molecule has 0 radical (unpaired) electrons. The minimum Gasteiger partial charge on any atom is -0.506 e. The molecule has 0 aliphatic carbocycles. The Balaban J connectivity index is 3.33. The molecule has 0 fully saturated rings. The Hall–Kier alpha value is -0.0600. The second kappa shape index (κ2) is 3.77. The van der Waals surface area contributed by atoms with E-state index in [9.17, 15) is 5.11 Å². The van der Waals surface area contributed by atoms with Crippen molar-refractivity contribution in [2.75, 3.05) is 0 Å². The zero-order valence-electron chi connectivity index (χ0n) is 6.51. The van der Waals surface area contributed by atoms with E-state index in [2.05, 4.69) is 31.9 Å². The highest BCUT2D eigenvalue weighted by Gasteiger charge is 2.12. The van der Waals surface area contributed by atoms with Crippen LogP contribution in [0.25, 0.3) is 0 Å². The van der Waals surface area contributed by atoms with Crippen molar-refractivity contribution < 1.29 is 5.11 Å². The largest absolute Gasteiger partial charge is 0.506 e. The first-order valence-electron chi connectivity index (χ1n) is 3.46. The lowest BCUT2D eigenvalue weighted by molar-refractivity contribution is 0.459. The molecule has 3 N–H and O–H groups in total. The number of rotatable bonds is 1. The van der Waals surface area contributed by atoms with Crippen LogP contribution >= 0.6 is 31.9 Å². The van der Waals surface area contributed by atoms with Gasteiger partial charge in [0.2, 0.25) is 0 Å². The molecule has 0 spiro atoms. The average molecular weight is 295 g/mol. The SMILES string of the molecule is CC(N)c1c(Br)ccc(Br)c1O. The van der Waals surface area contributed by atoms with Gasteiger partial charge in [0, 0.05) is 16.1 Å². The fourth-order valence-corrected chi connectivity index (χ4v) is 2.02. The third-order valence-electron chi connectivity index (χ3n) is 1.57. The summed E-state index contributed by atoms with van der Waals surface area (Å²) in [6, 6.07) is 3.44. The fourth-order valence-electron chi connectivity index (χ4n) is 0.990. The van der Waals surface area contributed by atoms with Crippen LogP contribution < -0.4 is 5.73 Å². The van der Waals surface area contributed by atoms with Crippen LogP contribution in [0.2, 0.25) is 0 Å². The van der Waals surface area contributed by atoms with Crippen molar-refractivity contribution in [3.05, 3.63) is 26.6 Å². The predicted octanol–water partition coefficient (Wildman–Crippen LogP) is 2.94. The molecule has 1 rings (SSSR count). The molecule has 0 aromatic heterocycles. The number of hydrogen-bond acceptors (Lipinski definition) is 2. The van der Waals surface area contributed by atoms with Gasteiger partial charge >= 0.3 is 0 Å². The first kappa shape index (κ1) is 10.0. The Labute approximate surface area is 88.0 Å². The van der Waals surface area contributed by atoms with Gasteiger partial charge in [-0.3, -0.25) is 0 Å². The van der Waals surface area contributed by atoms with Crippen LogP contribution in [-0.4, -0.2) is 5.11 Å². The maximum absolute atomic E-state index is 9.59. The van der Waals surface area contributed by atoms with E-state index in [0.717, 1.165) is 10.0 Å². The molecular formula is C8H9Br2NO. The van der Waals surface area contributed by atoms with E-state index in [0.29, 0.717) is 4.47 Å². The summed E-state index contributed by atoms with van der Waals surface area (Å²) >= 11 is 6.54. The topological polar surface area (TPSA) is 46.2 Å². The number of phenols is 1. The molecule has 0 aliphatic rings. The number of nitrogens with two attached hydrogens (primary N) is 1. The third-order valence-corrected chi connectivity index (χ3v) is 2.90. The van der Waals surface area contributed by atoms with E-state index in [1.165, 1.54) is 0 Å². The number of benzene rings is 1. The highest BCUT2D eigenvalue weighted by Crippen LogP contribution is 2.36. The highest BCUT2D eigenvalue weighted by molar-refractivity contribution is 9.11. The lowest BCUT2D eigenvalue weighted by atomic mass is 10.1. The Morgan fingerprint density at radius 3 is 2.25 bits per heavy atom. The van der Waals surface area contributed by atoms with Crippen molar-refractivity contribution in [1.29, 1.82) is 0 Å². The average Bonchev–Trinajstić information content (AvgIpc) is 1.97. The fraction of sp³-hybridized carbons (Fsp3) is 0.250. The van der Waals surface area contributed by atoms with Crippen LogP contribution in [0.3, 0.4) is 0 Å². The van der Waals surface area contributed by atoms with Crippen LogP contribution in [-0.2, 0) is 0 Å². The Morgan fingerprint density at radius 1 is 1.33 bits per heavy atom. The second-order valence-corrected chi connectivity index (χ2v) is 4.29. The van der Waals surface area contributed by atoms with Crippen LogP contribution in [0, 0.1) is 0 Å². The number of phenolic OH excluding ortho intramolecular Hbond substituents is 1. The van der Waals surface area contributed by atoms with E-state index < -0.39 is 0 Å². The van der Waals surface area contributed by atoms with Crippen LogP contribution in [0.4, 0.5) is 0 Å². The normalized spacial score (nSPS) is 13.0. The molecule has 0 saturated heterocycles. The second-order valence-electron chi connectivity index (χ2n) is 2.58. The molecule has 2 nitrogen and oxygen atoms in total. The van der Waals surface area contributed by atoms with E-state index in [4.69, 9.17) is 5.73 Å².